The molecule has 0 saturated carbocycles. The first-order chi connectivity index (χ1) is 8.10. The highest BCUT2D eigenvalue weighted by atomic mass is 32.2. The fourth-order valence-electron chi connectivity index (χ4n) is 1.26. The predicted octanol–water partition coefficient (Wildman–Crippen LogP) is 0.583. The number of nitrogens with one attached hydrogen (secondary N) is 2. The van der Waals surface area contributed by atoms with Gasteiger partial charge in [-0.05, 0) is 31.3 Å². The monoisotopic (exact) mass is 258 g/mol. The van der Waals surface area contributed by atoms with Crippen molar-refractivity contribution in [1.82, 2.24) is 10.0 Å². The van der Waals surface area contributed by atoms with Crippen molar-refractivity contribution >= 4 is 10.0 Å². The van der Waals surface area contributed by atoms with E-state index < -0.39 is 10.0 Å². The molecule has 0 saturated heterocycles. The molecule has 0 radical (unpaired) electrons. The van der Waals surface area contributed by atoms with Gasteiger partial charge in [0.05, 0.1) is 4.90 Å². The molecule has 5 nitrogen and oxygen atoms in total. The molecule has 6 heteroatoms. The summed E-state index contributed by atoms with van der Waals surface area (Å²) in [6, 6.07) is 6.37. The second kappa shape index (κ2) is 6.58. The first kappa shape index (κ1) is 14.0. The number of rotatable bonds is 7. The topological polar surface area (TPSA) is 67.4 Å². The zero-order chi connectivity index (χ0) is 12.7. The summed E-state index contributed by atoms with van der Waals surface area (Å²) in [5.41, 5.74) is 0. The van der Waals surface area contributed by atoms with Crippen molar-refractivity contribution < 1.29 is 13.2 Å². The largest absolute Gasteiger partial charge is 0.492 e. The maximum atomic E-state index is 11.6. The molecule has 0 spiro atoms. The van der Waals surface area contributed by atoms with E-state index >= 15 is 0 Å². The van der Waals surface area contributed by atoms with Gasteiger partial charge in [-0.1, -0.05) is 6.92 Å². The van der Waals surface area contributed by atoms with E-state index in [0.29, 0.717) is 18.9 Å². The van der Waals surface area contributed by atoms with Crippen molar-refractivity contribution in [3.05, 3.63) is 24.3 Å². The fraction of sp³-hybridized carbons (Fsp3) is 0.455. The first-order valence-corrected chi connectivity index (χ1v) is 6.95. The normalized spacial score (nSPS) is 11.4. The average molecular weight is 258 g/mol. The second-order valence-corrected chi connectivity index (χ2v) is 5.19. The number of benzene rings is 1. The zero-order valence-electron chi connectivity index (χ0n) is 10.1. The lowest BCUT2D eigenvalue weighted by Crippen LogP contribution is -2.23. The Morgan fingerprint density at radius 3 is 2.41 bits per heavy atom. The smallest absolute Gasteiger partial charge is 0.240 e. The number of likely N-dealkylation sites (N-methyl/N-ethyl adjacent to an activating group) is 1. The molecular weight excluding hydrogens is 240 g/mol. The van der Waals surface area contributed by atoms with Crippen LogP contribution in [0.5, 0.6) is 5.75 Å². The summed E-state index contributed by atoms with van der Waals surface area (Å²) in [5.74, 6) is 0.663. The van der Waals surface area contributed by atoms with Gasteiger partial charge in [-0.2, -0.15) is 0 Å². The third-order valence-corrected chi connectivity index (χ3v) is 3.65. The van der Waals surface area contributed by atoms with Crippen molar-refractivity contribution in [3.63, 3.8) is 0 Å². The lowest BCUT2D eigenvalue weighted by atomic mass is 10.3. The van der Waals surface area contributed by atoms with E-state index in [2.05, 4.69) is 10.0 Å². The Hall–Kier alpha value is -1.11. The van der Waals surface area contributed by atoms with Gasteiger partial charge in [0.2, 0.25) is 10.0 Å². The molecule has 0 unspecified atom stereocenters. The van der Waals surface area contributed by atoms with E-state index in [1.165, 1.54) is 12.1 Å². The molecular formula is C11H18N2O3S. The standard InChI is InChI=1S/C11H18N2O3S/c1-3-13-17(14,15)11-6-4-10(5-7-11)16-9-8-12-2/h4-7,12-13H,3,8-9H2,1-2H3. The van der Waals surface area contributed by atoms with Crippen LogP contribution in [0.4, 0.5) is 0 Å². The predicted molar refractivity (Wildman–Crippen MR) is 66.7 cm³/mol. The molecule has 1 aromatic rings. The van der Waals surface area contributed by atoms with Crippen molar-refractivity contribution in [2.24, 2.45) is 0 Å². The Bertz CT molecular complexity index is 429. The summed E-state index contributed by atoms with van der Waals surface area (Å²) in [5, 5.41) is 2.96. The van der Waals surface area contributed by atoms with Crippen LogP contribution in [0, 0.1) is 0 Å². The third-order valence-electron chi connectivity index (χ3n) is 2.09. The summed E-state index contributed by atoms with van der Waals surface area (Å²) < 4.78 is 31.1. The van der Waals surface area contributed by atoms with Crippen LogP contribution in [0.25, 0.3) is 0 Å². The highest BCUT2D eigenvalue weighted by Gasteiger charge is 2.11. The van der Waals surface area contributed by atoms with Gasteiger partial charge in [-0.3, -0.25) is 0 Å². The van der Waals surface area contributed by atoms with Gasteiger partial charge < -0.3 is 10.1 Å². The molecule has 2 N–H and O–H groups in total. The van der Waals surface area contributed by atoms with Crippen molar-refractivity contribution in [3.8, 4) is 5.75 Å². The molecule has 0 aliphatic carbocycles. The van der Waals surface area contributed by atoms with Crippen molar-refractivity contribution in [2.75, 3.05) is 26.7 Å². The summed E-state index contributed by atoms with van der Waals surface area (Å²) in [6.07, 6.45) is 0. The number of hydrogen-bond donors (Lipinski definition) is 2. The maximum Gasteiger partial charge on any atom is 0.240 e. The SMILES string of the molecule is CCNS(=O)(=O)c1ccc(OCCNC)cc1. The van der Waals surface area contributed by atoms with E-state index in [9.17, 15) is 8.42 Å². The molecule has 0 fully saturated rings. The Morgan fingerprint density at radius 2 is 1.88 bits per heavy atom. The Kier molecular flexibility index (Phi) is 5.40. The quantitative estimate of drug-likeness (QED) is 0.702. The third kappa shape index (κ3) is 4.33. The lowest BCUT2D eigenvalue weighted by Gasteiger charge is -2.07. The summed E-state index contributed by atoms with van der Waals surface area (Å²) in [6.45, 7) is 3.42. The van der Waals surface area contributed by atoms with Crippen LogP contribution in [0.2, 0.25) is 0 Å². The average Bonchev–Trinajstić information content (AvgIpc) is 2.30. The summed E-state index contributed by atoms with van der Waals surface area (Å²) in [7, 11) is -1.53. The maximum absolute atomic E-state index is 11.6. The molecule has 0 atom stereocenters. The van der Waals surface area contributed by atoms with Crippen molar-refractivity contribution in [2.45, 2.75) is 11.8 Å². The van der Waals surface area contributed by atoms with Crippen LogP contribution in [0.3, 0.4) is 0 Å². The van der Waals surface area contributed by atoms with Crippen molar-refractivity contribution in [1.29, 1.82) is 0 Å². The van der Waals surface area contributed by atoms with E-state index in [1.54, 1.807) is 19.1 Å². The lowest BCUT2D eigenvalue weighted by molar-refractivity contribution is 0.318. The minimum atomic E-state index is -3.37. The molecule has 17 heavy (non-hydrogen) atoms. The van der Waals surface area contributed by atoms with Crippen LogP contribution in [0.15, 0.2) is 29.2 Å². The second-order valence-electron chi connectivity index (χ2n) is 3.42. The molecule has 1 aromatic carbocycles. The van der Waals surface area contributed by atoms with Gasteiger partial charge in [0, 0.05) is 13.1 Å². The van der Waals surface area contributed by atoms with Crippen LogP contribution < -0.4 is 14.8 Å². The minimum absolute atomic E-state index is 0.250. The molecule has 0 heterocycles. The molecule has 0 aliphatic heterocycles. The van der Waals surface area contributed by atoms with Gasteiger partial charge in [0.1, 0.15) is 12.4 Å². The number of sulfonamides is 1. The van der Waals surface area contributed by atoms with Crippen LogP contribution in [0.1, 0.15) is 6.92 Å². The summed E-state index contributed by atoms with van der Waals surface area (Å²) in [4.78, 5) is 0.250. The summed E-state index contributed by atoms with van der Waals surface area (Å²) >= 11 is 0. The van der Waals surface area contributed by atoms with Crippen LogP contribution in [-0.4, -0.2) is 35.2 Å². The molecule has 0 aromatic heterocycles. The Morgan fingerprint density at radius 1 is 1.24 bits per heavy atom. The van der Waals surface area contributed by atoms with Crippen LogP contribution >= 0.6 is 0 Å². The van der Waals surface area contributed by atoms with Gasteiger partial charge in [-0.15, -0.1) is 0 Å². The zero-order valence-corrected chi connectivity index (χ0v) is 10.9. The molecule has 0 aliphatic rings. The minimum Gasteiger partial charge on any atom is -0.492 e. The van der Waals surface area contributed by atoms with Gasteiger partial charge >= 0.3 is 0 Å². The fourth-order valence-corrected chi connectivity index (χ4v) is 2.30. The Balaban J connectivity index is 2.68. The van der Waals surface area contributed by atoms with Gasteiger partial charge in [0.15, 0.2) is 0 Å². The highest BCUT2D eigenvalue weighted by molar-refractivity contribution is 7.89. The molecule has 96 valence electrons. The van der Waals surface area contributed by atoms with Gasteiger partial charge in [0.25, 0.3) is 0 Å². The van der Waals surface area contributed by atoms with Crippen LogP contribution in [-0.2, 0) is 10.0 Å². The first-order valence-electron chi connectivity index (χ1n) is 5.47. The Labute approximate surface area is 102 Å². The number of hydrogen-bond acceptors (Lipinski definition) is 4. The van der Waals surface area contributed by atoms with E-state index in [1.807, 2.05) is 7.05 Å². The molecule has 1 rings (SSSR count). The van der Waals surface area contributed by atoms with E-state index in [0.717, 1.165) is 6.54 Å². The van der Waals surface area contributed by atoms with E-state index in [-0.39, 0.29) is 4.90 Å². The molecule has 0 bridgehead atoms. The van der Waals surface area contributed by atoms with Gasteiger partial charge in [-0.25, -0.2) is 13.1 Å². The van der Waals surface area contributed by atoms with E-state index in [4.69, 9.17) is 4.74 Å². The highest BCUT2D eigenvalue weighted by Crippen LogP contribution is 2.15. The molecule has 0 amide bonds. The number of ether oxygens (including phenoxy) is 1.